The molecule has 1 unspecified atom stereocenters. The molecule has 1 heterocycles. The summed E-state index contributed by atoms with van der Waals surface area (Å²) >= 11 is 0. The molecule has 0 amide bonds. The highest BCUT2D eigenvalue weighted by Gasteiger charge is 2.24. The standard InChI is InChI=1S/C14H23N3O/c1-16-7-9-17(10-8-16)13(11-15)12-5-3-4-6-14(12)18-2/h3-6,13H,7-11,15H2,1-2H3. The second-order valence-electron chi connectivity index (χ2n) is 4.83. The number of hydrogen-bond acceptors (Lipinski definition) is 4. The van der Waals surface area contributed by atoms with E-state index in [-0.39, 0.29) is 6.04 Å². The summed E-state index contributed by atoms with van der Waals surface area (Å²) in [6.07, 6.45) is 0. The summed E-state index contributed by atoms with van der Waals surface area (Å²) in [6.45, 7) is 4.97. The van der Waals surface area contributed by atoms with Gasteiger partial charge in [0.1, 0.15) is 5.75 Å². The molecule has 4 nitrogen and oxygen atoms in total. The van der Waals surface area contributed by atoms with Crippen LogP contribution in [0.25, 0.3) is 0 Å². The molecule has 100 valence electrons. The molecule has 18 heavy (non-hydrogen) atoms. The molecular formula is C14H23N3O. The van der Waals surface area contributed by atoms with Gasteiger partial charge in [-0.2, -0.15) is 0 Å². The number of nitrogens with zero attached hydrogens (tertiary/aromatic N) is 2. The van der Waals surface area contributed by atoms with E-state index in [4.69, 9.17) is 10.5 Å². The fourth-order valence-corrected chi connectivity index (χ4v) is 2.55. The van der Waals surface area contributed by atoms with Crippen LogP contribution in [0.5, 0.6) is 5.75 Å². The van der Waals surface area contributed by atoms with Crippen molar-refractivity contribution in [2.24, 2.45) is 5.73 Å². The highest BCUT2D eigenvalue weighted by molar-refractivity contribution is 5.36. The van der Waals surface area contributed by atoms with Crippen LogP contribution in [0.15, 0.2) is 24.3 Å². The molecule has 1 aromatic carbocycles. The summed E-state index contributed by atoms with van der Waals surface area (Å²) in [5, 5.41) is 0. The zero-order chi connectivity index (χ0) is 13.0. The summed E-state index contributed by atoms with van der Waals surface area (Å²) in [4.78, 5) is 4.81. The number of piperazine rings is 1. The molecule has 0 bridgehead atoms. The van der Waals surface area contributed by atoms with Crippen molar-refractivity contribution in [1.29, 1.82) is 0 Å². The SMILES string of the molecule is COc1ccccc1C(CN)N1CCN(C)CC1. The maximum atomic E-state index is 5.98. The molecule has 2 N–H and O–H groups in total. The highest BCUT2D eigenvalue weighted by Crippen LogP contribution is 2.29. The highest BCUT2D eigenvalue weighted by atomic mass is 16.5. The van der Waals surface area contributed by atoms with E-state index in [1.807, 2.05) is 12.1 Å². The van der Waals surface area contributed by atoms with Crippen molar-refractivity contribution in [2.45, 2.75) is 6.04 Å². The third-order valence-electron chi connectivity index (χ3n) is 3.70. The van der Waals surface area contributed by atoms with Gasteiger partial charge in [-0.05, 0) is 13.1 Å². The molecule has 0 aromatic heterocycles. The van der Waals surface area contributed by atoms with Gasteiger partial charge in [-0.15, -0.1) is 0 Å². The molecular weight excluding hydrogens is 226 g/mol. The van der Waals surface area contributed by atoms with Crippen molar-refractivity contribution in [2.75, 3.05) is 46.9 Å². The largest absolute Gasteiger partial charge is 0.496 e. The number of para-hydroxylation sites is 1. The van der Waals surface area contributed by atoms with Crippen LogP contribution < -0.4 is 10.5 Å². The van der Waals surface area contributed by atoms with Gasteiger partial charge in [0.25, 0.3) is 0 Å². The minimum absolute atomic E-state index is 0.259. The number of likely N-dealkylation sites (N-methyl/N-ethyl adjacent to an activating group) is 1. The van der Waals surface area contributed by atoms with E-state index < -0.39 is 0 Å². The summed E-state index contributed by atoms with van der Waals surface area (Å²) in [6, 6.07) is 8.44. The first-order chi connectivity index (χ1) is 8.76. The Morgan fingerprint density at radius 2 is 1.89 bits per heavy atom. The first-order valence-corrected chi connectivity index (χ1v) is 6.52. The van der Waals surface area contributed by atoms with Gasteiger partial charge in [0, 0.05) is 38.3 Å². The van der Waals surface area contributed by atoms with Gasteiger partial charge in [-0.3, -0.25) is 4.90 Å². The Morgan fingerprint density at radius 3 is 2.50 bits per heavy atom. The van der Waals surface area contributed by atoms with Crippen molar-refractivity contribution in [3.63, 3.8) is 0 Å². The summed E-state index contributed by atoms with van der Waals surface area (Å²) in [7, 11) is 3.88. The number of methoxy groups -OCH3 is 1. The lowest BCUT2D eigenvalue weighted by atomic mass is 10.0. The van der Waals surface area contributed by atoms with E-state index >= 15 is 0 Å². The van der Waals surface area contributed by atoms with Gasteiger partial charge in [0.2, 0.25) is 0 Å². The Bertz CT molecular complexity index is 375. The molecule has 1 fully saturated rings. The monoisotopic (exact) mass is 249 g/mol. The Balaban J connectivity index is 2.17. The summed E-state index contributed by atoms with van der Waals surface area (Å²) in [5.41, 5.74) is 7.18. The van der Waals surface area contributed by atoms with Crippen LogP contribution in [-0.4, -0.2) is 56.7 Å². The minimum atomic E-state index is 0.259. The zero-order valence-corrected chi connectivity index (χ0v) is 11.3. The fraction of sp³-hybridized carbons (Fsp3) is 0.571. The van der Waals surface area contributed by atoms with E-state index in [0.29, 0.717) is 6.54 Å². The van der Waals surface area contributed by atoms with Gasteiger partial charge < -0.3 is 15.4 Å². The molecule has 0 spiro atoms. The number of ether oxygens (including phenoxy) is 1. The van der Waals surface area contributed by atoms with Gasteiger partial charge in [-0.25, -0.2) is 0 Å². The Hall–Kier alpha value is -1.10. The fourth-order valence-electron chi connectivity index (χ4n) is 2.55. The summed E-state index contributed by atoms with van der Waals surface area (Å²) < 4.78 is 5.45. The minimum Gasteiger partial charge on any atom is -0.496 e. The van der Waals surface area contributed by atoms with Crippen LogP contribution >= 0.6 is 0 Å². The summed E-state index contributed by atoms with van der Waals surface area (Å²) in [5.74, 6) is 0.937. The van der Waals surface area contributed by atoms with Crippen molar-refractivity contribution < 1.29 is 4.74 Å². The number of hydrogen-bond donors (Lipinski definition) is 1. The molecule has 1 aromatic rings. The molecule has 4 heteroatoms. The number of benzene rings is 1. The third kappa shape index (κ3) is 2.83. The lowest BCUT2D eigenvalue weighted by molar-refractivity contribution is 0.113. The lowest BCUT2D eigenvalue weighted by Crippen LogP contribution is -2.47. The van der Waals surface area contributed by atoms with Crippen LogP contribution in [0.1, 0.15) is 11.6 Å². The third-order valence-corrected chi connectivity index (χ3v) is 3.70. The maximum Gasteiger partial charge on any atom is 0.123 e. The average Bonchev–Trinajstić information content (AvgIpc) is 2.42. The topological polar surface area (TPSA) is 41.7 Å². The van der Waals surface area contributed by atoms with Crippen LogP contribution in [0.2, 0.25) is 0 Å². The molecule has 0 radical (unpaired) electrons. The molecule has 1 atom stereocenters. The van der Waals surface area contributed by atoms with Crippen LogP contribution in [0.4, 0.5) is 0 Å². The maximum absolute atomic E-state index is 5.98. The lowest BCUT2D eigenvalue weighted by Gasteiger charge is -2.38. The predicted molar refractivity (Wildman–Crippen MR) is 73.9 cm³/mol. The molecule has 1 saturated heterocycles. The molecule has 0 aliphatic carbocycles. The normalized spacial score (nSPS) is 19.7. The van der Waals surface area contributed by atoms with Crippen molar-refractivity contribution >= 4 is 0 Å². The van der Waals surface area contributed by atoms with E-state index in [9.17, 15) is 0 Å². The number of rotatable bonds is 4. The first-order valence-electron chi connectivity index (χ1n) is 6.52. The second kappa shape index (κ2) is 6.18. The van der Waals surface area contributed by atoms with E-state index in [2.05, 4.69) is 29.0 Å². The van der Waals surface area contributed by atoms with Gasteiger partial charge in [-0.1, -0.05) is 18.2 Å². The van der Waals surface area contributed by atoms with Gasteiger partial charge in [0.05, 0.1) is 13.2 Å². The Morgan fingerprint density at radius 1 is 1.22 bits per heavy atom. The smallest absolute Gasteiger partial charge is 0.123 e. The number of nitrogens with two attached hydrogens (primary N) is 1. The molecule has 1 aliphatic heterocycles. The Kier molecular flexibility index (Phi) is 4.58. The van der Waals surface area contributed by atoms with Crippen molar-refractivity contribution in [3.05, 3.63) is 29.8 Å². The van der Waals surface area contributed by atoms with E-state index in [1.54, 1.807) is 7.11 Å². The van der Waals surface area contributed by atoms with Gasteiger partial charge >= 0.3 is 0 Å². The molecule has 1 aliphatic rings. The quantitative estimate of drug-likeness (QED) is 0.862. The van der Waals surface area contributed by atoms with Crippen LogP contribution in [0, 0.1) is 0 Å². The first kappa shape index (κ1) is 13.3. The molecule has 2 rings (SSSR count). The van der Waals surface area contributed by atoms with E-state index in [0.717, 1.165) is 31.9 Å². The van der Waals surface area contributed by atoms with Crippen molar-refractivity contribution in [3.8, 4) is 5.75 Å². The van der Waals surface area contributed by atoms with E-state index in [1.165, 1.54) is 5.56 Å². The van der Waals surface area contributed by atoms with Crippen molar-refractivity contribution in [1.82, 2.24) is 9.80 Å². The zero-order valence-electron chi connectivity index (χ0n) is 11.3. The molecule has 0 saturated carbocycles. The second-order valence-corrected chi connectivity index (χ2v) is 4.83. The van der Waals surface area contributed by atoms with Crippen LogP contribution in [0.3, 0.4) is 0 Å². The van der Waals surface area contributed by atoms with Gasteiger partial charge in [0.15, 0.2) is 0 Å². The predicted octanol–water partition coefficient (Wildman–Crippen LogP) is 0.942. The average molecular weight is 249 g/mol. The van der Waals surface area contributed by atoms with Crippen LogP contribution in [-0.2, 0) is 0 Å². The Labute approximate surface area is 109 Å².